The van der Waals surface area contributed by atoms with Crippen molar-refractivity contribution in [2.75, 3.05) is 0 Å². The highest BCUT2D eigenvalue weighted by atomic mass is 28.4. The largest absolute Gasteiger partial charge is 0.410 e. The van der Waals surface area contributed by atoms with E-state index in [0.717, 1.165) is 5.92 Å². The molecule has 0 unspecified atom stereocenters. The minimum Gasteiger partial charge on any atom is -0.410 e. The molecule has 0 bridgehead atoms. The van der Waals surface area contributed by atoms with Gasteiger partial charge in [0.15, 0.2) is 8.32 Å². The van der Waals surface area contributed by atoms with Crippen molar-refractivity contribution in [2.45, 2.75) is 77.6 Å². The van der Waals surface area contributed by atoms with E-state index in [1.165, 1.54) is 25.7 Å². The van der Waals surface area contributed by atoms with Gasteiger partial charge < -0.3 is 4.43 Å². The number of hydrogen-bond acceptors (Lipinski definition) is 1. The molecule has 2 rings (SSSR count). The molecule has 2 aliphatic rings. The molecule has 2 aliphatic carbocycles. The molecule has 104 valence electrons. The van der Waals surface area contributed by atoms with Gasteiger partial charge in [0.2, 0.25) is 0 Å². The summed E-state index contributed by atoms with van der Waals surface area (Å²) in [6.45, 7) is 14.2. The van der Waals surface area contributed by atoms with E-state index in [0.29, 0.717) is 16.6 Å². The van der Waals surface area contributed by atoms with Gasteiger partial charge in [-0.05, 0) is 48.7 Å². The zero-order valence-corrected chi connectivity index (χ0v) is 14.0. The molecule has 0 saturated heterocycles. The normalized spacial score (nSPS) is 36.8. The van der Waals surface area contributed by atoms with E-state index in [9.17, 15) is 0 Å². The molecule has 0 spiro atoms. The van der Waals surface area contributed by atoms with Gasteiger partial charge in [-0.15, -0.1) is 0 Å². The minimum absolute atomic E-state index is 0.313. The second-order valence-electron chi connectivity index (χ2n) is 8.13. The van der Waals surface area contributed by atoms with Crippen molar-refractivity contribution in [3.63, 3.8) is 0 Å². The van der Waals surface area contributed by atoms with Crippen LogP contribution in [0.1, 0.15) is 53.4 Å². The zero-order chi connectivity index (χ0) is 13.6. The van der Waals surface area contributed by atoms with Crippen molar-refractivity contribution in [1.82, 2.24) is 0 Å². The van der Waals surface area contributed by atoms with Crippen LogP contribution in [0.4, 0.5) is 0 Å². The molecule has 0 aromatic carbocycles. The van der Waals surface area contributed by atoms with E-state index in [4.69, 9.17) is 4.43 Å². The maximum Gasteiger partial charge on any atom is 0.192 e. The average Bonchev–Trinajstić information content (AvgIpc) is 2.58. The van der Waals surface area contributed by atoms with Crippen LogP contribution in [0.5, 0.6) is 0 Å². The lowest BCUT2D eigenvalue weighted by Crippen LogP contribution is -2.47. The average molecular weight is 267 g/mol. The Bertz CT molecular complexity index is 339. The van der Waals surface area contributed by atoms with Crippen LogP contribution in [0.2, 0.25) is 18.1 Å². The summed E-state index contributed by atoms with van der Waals surface area (Å²) in [6, 6.07) is 0. The third-order valence-corrected chi connectivity index (χ3v) is 10.2. The molecule has 18 heavy (non-hydrogen) atoms. The molecule has 0 heterocycles. The Kier molecular flexibility index (Phi) is 3.57. The summed E-state index contributed by atoms with van der Waals surface area (Å²) in [5.74, 6) is 0.761. The fraction of sp³-hybridized carbons (Fsp3) is 0.875. The van der Waals surface area contributed by atoms with Gasteiger partial charge in [-0.2, -0.15) is 0 Å². The van der Waals surface area contributed by atoms with Crippen LogP contribution < -0.4 is 0 Å². The lowest BCUT2D eigenvalue weighted by Gasteiger charge is -2.45. The second kappa shape index (κ2) is 4.48. The first-order valence-electron chi connectivity index (χ1n) is 7.50. The number of hydrogen-bond donors (Lipinski definition) is 0. The fourth-order valence-electron chi connectivity index (χ4n) is 3.32. The Morgan fingerprint density at radius 3 is 2.56 bits per heavy atom. The third-order valence-electron chi connectivity index (χ3n) is 5.70. The molecule has 0 aromatic rings. The molecule has 0 amide bonds. The van der Waals surface area contributed by atoms with Crippen LogP contribution in [0.3, 0.4) is 0 Å². The predicted molar refractivity (Wildman–Crippen MR) is 81.3 cm³/mol. The van der Waals surface area contributed by atoms with Crippen molar-refractivity contribution in [1.29, 1.82) is 0 Å². The fourth-order valence-corrected chi connectivity index (χ4v) is 4.59. The van der Waals surface area contributed by atoms with E-state index in [1.54, 1.807) is 0 Å². The molecule has 0 N–H and O–H groups in total. The van der Waals surface area contributed by atoms with E-state index in [2.05, 4.69) is 52.9 Å². The smallest absolute Gasteiger partial charge is 0.192 e. The summed E-state index contributed by atoms with van der Waals surface area (Å²) in [6.07, 6.45) is 10.5. The van der Waals surface area contributed by atoms with Crippen LogP contribution >= 0.6 is 0 Å². The van der Waals surface area contributed by atoms with Gasteiger partial charge >= 0.3 is 0 Å². The first-order chi connectivity index (χ1) is 8.16. The molecular weight excluding hydrogens is 236 g/mol. The van der Waals surface area contributed by atoms with Crippen molar-refractivity contribution < 1.29 is 4.43 Å². The van der Waals surface area contributed by atoms with Gasteiger partial charge in [0.05, 0.1) is 6.10 Å². The molecule has 1 fully saturated rings. The highest BCUT2D eigenvalue weighted by Crippen LogP contribution is 2.52. The third kappa shape index (κ3) is 2.46. The number of fused-ring (bicyclic) bond motifs is 1. The summed E-state index contributed by atoms with van der Waals surface area (Å²) in [7, 11) is -1.64. The van der Waals surface area contributed by atoms with Crippen molar-refractivity contribution in [2.24, 2.45) is 11.3 Å². The summed E-state index contributed by atoms with van der Waals surface area (Å²) >= 11 is 0. The van der Waals surface area contributed by atoms with E-state index in [-0.39, 0.29) is 0 Å². The number of rotatable bonds is 2. The standard InChI is InChI=1S/C16H30OSi/c1-15(2,3)18(5,6)17-14-10-8-12-16(4)11-7-9-13(14)16/h8,10,13-14H,7,9,11-12H2,1-6H3/t13-,14-,16-/m0/s1. The molecule has 0 radical (unpaired) electrons. The lowest BCUT2D eigenvalue weighted by atomic mass is 9.71. The molecule has 1 saturated carbocycles. The van der Waals surface area contributed by atoms with Gasteiger partial charge in [0, 0.05) is 0 Å². The van der Waals surface area contributed by atoms with Crippen LogP contribution in [0.15, 0.2) is 12.2 Å². The van der Waals surface area contributed by atoms with Gasteiger partial charge in [-0.3, -0.25) is 0 Å². The Morgan fingerprint density at radius 1 is 1.28 bits per heavy atom. The van der Waals surface area contributed by atoms with Gasteiger partial charge in [-0.1, -0.05) is 46.3 Å². The van der Waals surface area contributed by atoms with Crippen LogP contribution in [-0.2, 0) is 4.43 Å². The quantitative estimate of drug-likeness (QED) is 0.496. The molecule has 1 nitrogen and oxygen atoms in total. The summed E-state index contributed by atoms with van der Waals surface area (Å²) in [5.41, 5.74) is 0.516. The molecule has 0 aromatic heterocycles. The van der Waals surface area contributed by atoms with Crippen LogP contribution in [0.25, 0.3) is 0 Å². The predicted octanol–water partition coefficient (Wildman–Crippen LogP) is 5.14. The van der Waals surface area contributed by atoms with Gasteiger partial charge in [0.25, 0.3) is 0 Å². The van der Waals surface area contributed by atoms with E-state index in [1.807, 2.05) is 0 Å². The highest BCUT2D eigenvalue weighted by molar-refractivity contribution is 6.74. The molecule has 0 aliphatic heterocycles. The van der Waals surface area contributed by atoms with Gasteiger partial charge in [-0.25, -0.2) is 0 Å². The summed E-state index contributed by atoms with van der Waals surface area (Å²) in [5, 5.41) is 0.313. The van der Waals surface area contributed by atoms with Crippen LogP contribution in [-0.4, -0.2) is 14.4 Å². The topological polar surface area (TPSA) is 9.23 Å². The lowest BCUT2D eigenvalue weighted by molar-refractivity contribution is 0.0769. The molecular formula is C16H30OSi. The molecule has 2 heteroatoms. The Labute approximate surface area is 114 Å². The maximum atomic E-state index is 6.67. The zero-order valence-electron chi connectivity index (χ0n) is 13.0. The monoisotopic (exact) mass is 266 g/mol. The Hall–Kier alpha value is -0.0831. The Balaban J connectivity index is 2.15. The minimum atomic E-state index is -1.64. The second-order valence-corrected chi connectivity index (χ2v) is 12.9. The first-order valence-corrected chi connectivity index (χ1v) is 10.4. The SMILES string of the molecule is CC(C)(C)[Si](C)(C)O[C@H]1C=CC[C@]2(C)CCC[C@@H]12. The number of allylic oxidation sites excluding steroid dienone is 1. The summed E-state index contributed by atoms with van der Waals surface area (Å²) in [4.78, 5) is 0. The van der Waals surface area contributed by atoms with Crippen molar-refractivity contribution in [3.05, 3.63) is 12.2 Å². The van der Waals surface area contributed by atoms with Crippen molar-refractivity contribution in [3.8, 4) is 0 Å². The summed E-state index contributed by atoms with van der Waals surface area (Å²) < 4.78 is 6.67. The highest BCUT2D eigenvalue weighted by Gasteiger charge is 2.47. The Morgan fingerprint density at radius 2 is 1.94 bits per heavy atom. The molecule has 3 atom stereocenters. The van der Waals surface area contributed by atoms with Gasteiger partial charge in [0.1, 0.15) is 0 Å². The maximum absolute atomic E-state index is 6.67. The van der Waals surface area contributed by atoms with Crippen molar-refractivity contribution >= 4 is 8.32 Å². The van der Waals surface area contributed by atoms with E-state index < -0.39 is 8.32 Å². The first kappa shape index (κ1) is 14.3. The van der Waals surface area contributed by atoms with Crippen LogP contribution in [0, 0.1) is 11.3 Å². The van der Waals surface area contributed by atoms with E-state index >= 15 is 0 Å².